The average molecular weight is 323 g/mol. The minimum absolute atomic E-state index is 0.119. The minimum Gasteiger partial charge on any atom is -0.805 e. The Morgan fingerprint density at radius 2 is 1.75 bits per heavy atom. The third-order valence-electron chi connectivity index (χ3n) is 3.96. The van der Waals surface area contributed by atoms with Gasteiger partial charge in [-0.2, -0.15) is 0 Å². The molecule has 0 radical (unpaired) electrons. The summed E-state index contributed by atoms with van der Waals surface area (Å²) >= 11 is 0. The van der Waals surface area contributed by atoms with Gasteiger partial charge < -0.3 is 14.8 Å². The second-order valence-corrected chi connectivity index (χ2v) is 5.62. The van der Waals surface area contributed by atoms with Crippen molar-refractivity contribution in [1.29, 1.82) is 0 Å². The van der Waals surface area contributed by atoms with E-state index in [1.165, 1.54) is 13.0 Å². The maximum Gasteiger partial charge on any atom is 0.326 e. The number of benzene rings is 2. The average Bonchev–Trinajstić information content (AvgIpc) is 2.60. The van der Waals surface area contributed by atoms with Crippen LogP contribution in [0.2, 0.25) is 0 Å². The molecule has 0 aliphatic rings. The number of carbonyl (C=O) groups is 1. The fraction of sp³-hybridized carbons (Fsp3) is 0.167. The van der Waals surface area contributed by atoms with E-state index in [1.807, 2.05) is 42.3 Å². The molecule has 0 amide bonds. The highest BCUT2D eigenvalue weighted by Crippen LogP contribution is 2.19. The van der Waals surface area contributed by atoms with Gasteiger partial charge in [-0.25, -0.2) is 0 Å². The van der Waals surface area contributed by atoms with Crippen molar-refractivity contribution in [3.63, 3.8) is 0 Å². The second kappa shape index (κ2) is 6.16. The van der Waals surface area contributed by atoms with Gasteiger partial charge in [0.1, 0.15) is 11.2 Å². The van der Waals surface area contributed by atoms with Gasteiger partial charge in [0.15, 0.2) is 0 Å². The molecule has 0 aliphatic carbocycles. The summed E-state index contributed by atoms with van der Waals surface area (Å²) in [4.78, 5) is 26.4. The van der Waals surface area contributed by atoms with Crippen LogP contribution >= 0.6 is 0 Å². The lowest BCUT2D eigenvalue weighted by Crippen LogP contribution is -2.33. The molecule has 0 unspecified atom stereocenters. The lowest BCUT2D eigenvalue weighted by Gasteiger charge is -2.24. The molecule has 0 spiro atoms. The number of fused-ring (bicyclic) bond motifs is 1. The topological polar surface area (TPSA) is 71.3 Å². The van der Waals surface area contributed by atoms with Crippen molar-refractivity contribution in [2.75, 3.05) is 11.9 Å². The highest BCUT2D eigenvalue weighted by Gasteiger charge is 2.26. The van der Waals surface area contributed by atoms with Gasteiger partial charge in [0.25, 0.3) is 5.52 Å². The van der Waals surface area contributed by atoms with Gasteiger partial charge in [0.2, 0.25) is 5.78 Å². The first kappa shape index (κ1) is 15.7. The normalized spacial score (nSPS) is 10.8. The second-order valence-electron chi connectivity index (χ2n) is 5.62. The first-order valence-electron chi connectivity index (χ1n) is 7.54. The fourth-order valence-electron chi connectivity index (χ4n) is 2.77. The molecule has 122 valence electrons. The van der Waals surface area contributed by atoms with Crippen molar-refractivity contribution < 1.29 is 9.22 Å². The van der Waals surface area contributed by atoms with Crippen molar-refractivity contribution in [3.8, 4) is 0 Å². The number of carbonyl (C=O) groups excluding carboxylic acids is 1. The quantitative estimate of drug-likeness (QED) is 0.547. The third kappa shape index (κ3) is 2.62. The molecule has 1 heterocycles. The zero-order chi connectivity index (χ0) is 17.3. The zero-order valence-electron chi connectivity index (χ0n) is 13.5. The predicted molar refractivity (Wildman–Crippen MR) is 92.6 cm³/mol. The van der Waals surface area contributed by atoms with Crippen LogP contribution in [0.4, 0.5) is 5.69 Å². The van der Waals surface area contributed by atoms with E-state index in [-0.39, 0.29) is 29.0 Å². The molecule has 3 aromatic rings. The molecule has 0 saturated carbocycles. The number of anilines is 1. The van der Waals surface area contributed by atoms with E-state index in [0.29, 0.717) is 9.16 Å². The van der Waals surface area contributed by atoms with Crippen LogP contribution in [0.1, 0.15) is 23.1 Å². The summed E-state index contributed by atoms with van der Waals surface area (Å²) in [6.45, 7) is 1.44. The molecule has 1 aromatic heterocycles. The van der Waals surface area contributed by atoms with Crippen molar-refractivity contribution in [3.05, 3.63) is 76.1 Å². The Labute approximate surface area is 138 Å². The molecule has 0 aliphatic heterocycles. The number of hydrogen-bond acceptors (Lipinski definition) is 4. The van der Waals surface area contributed by atoms with Crippen molar-refractivity contribution >= 4 is 22.5 Å². The minimum atomic E-state index is -0.434. The molecule has 0 fully saturated rings. The van der Waals surface area contributed by atoms with Crippen LogP contribution in [0, 0.1) is 10.1 Å². The molecule has 0 atom stereocenters. The van der Waals surface area contributed by atoms with Crippen LogP contribution < -0.4 is 9.33 Å². The van der Waals surface area contributed by atoms with Gasteiger partial charge in [-0.05, 0) is 18.2 Å². The summed E-state index contributed by atoms with van der Waals surface area (Å²) in [6.07, 6.45) is 0. The number of aromatic nitrogens is 2. The lowest BCUT2D eigenvalue weighted by molar-refractivity contribution is -0.468. The smallest absolute Gasteiger partial charge is 0.326 e. The summed E-state index contributed by atoms with van der Waals surface area (Å²) in [7, 11) is 1.81. The third-order valence-corrected chi connectivity index (χ3v) is 3.96. The molecule has 0 saturated heterocycles. The highest BCUT2D eigenvalue weighted by molar-refractivity contribution is 5.93. The Bertz CT molecular complexity index is 964. The van der Waals surface area contributed by atoms with E-state index >= 15 is 0 Å². The number of rotatable bonds is 4. The molecular weight excluding hydrogens is 306 g/mol. The van der Waals surface area contributed by atoms with E-state index in [2.05, 4.69) is 0 Å². The standard InChI is InChI=1S/C18H17N3O3/c1-13(22)18-17(12-19(2)14-8-4-3-5-9-14)20(23)15-10-6-7-11-16(15)21(18)24/h3-11H,12H2,1-2H3. The first-order chi connectivity index (χ1) is 11.5. The van der Waals surface area contributed by atoms with Gasteiger partial charge in [-0.15, -0.1) is 0 Å². The van der Waals surface area contributed by atoms with Crippen LogP contribution in [-0.4, -0.2) is 17.6 Å². The Balaban J connectivity index is 2.19. The summed E-state index contributed by atoms with van der Waals surface area (Å²) in [6, 6.07) is 15.9. The molecule has 0 N–H and O–H groups in total. The monoisotopic (exact) mass is 323 g/mol. The Morgan fingerprint density at radius 1 is 1.12 bits per heavy atom. The largest absolute Gasteiger partial charge is 0.805 e. The van der Waals surface area contributed by atoms with Crippen LogP contribution in [0.5, 0.6) is 0 Å². The van der Waals surface area contributed by atoms with E-state index in [0.717, 1.165) is 5.69 Å². The molecule has 0 bridgehead atoms. The van der Waals surface area contributed by atoms with E-state index in [1.54, 1.807) is 18.2 Å². The van der Waals surface area contributed by atoms with Crippen LogP contribution in [-0.2, 0) is 6.54 Å². The zero-order valence-corrected chi connectivity index (χ0v) is 13.5. The van der Waals surface area contributed by atoms with Crippen LogP contribution in [0.15, 0.2) is 54.6 Å². The maximum atomic E-state index is 12.8. The Kier molecular flexibility index (Phi) is 4.04. The van der Waals surface area contributed by atoms with E-state index < -0.39 is 5.78 Å². The van der Waals surface area contributed by atoms with E-state index in [9.17, 15) is 14.9 Å². The molecule has 24 heavy (non-hydrogen) atoms. The van der Waals surface area contributed by atoms with Crippen molar-refractivity contribution in [2.45, 2.75) is 13.5 Å². The highest BCUT2D eigenvalue weighted by atomic mass is 16.5. The predicted octanol–water partition coefficient (Wildman–Crippen LogP) is 2.74. The van der Waals surface area contributed by atoms with Crippen LogP contribution in [0.3, 0.4) is 0 Å². The number of ketones is 1. The molecule has 6 heteroatoms. The number of Topliss-reactive ketones (excluding diaryl/α,β-unsaturated/α-hetero) is 1. The number of hydrogen-bond donors (Lipinski definition) is 0. The summed E-state index contributed by atoms with van der Waals surface area (Å²) in [5.41, 5.74) is 1.34. The van der Waals surface area contributed by atoms with Crippen molar-refractivity contribution in [1.82, 2.24) is 4.73 Å². The van der Waals surface area contributed by atoms with E-state index in [4.69, 9.17) is 0 Å². The fourth-order valence-corrected chi connectivity index (χ4v) is 2.77. The Hall–Kier alpha value is -3.15. The van der Waals surface area contributed by atoms with Gasteiger partial charge >= 0.3 is 5.69 Å². The summed E-state index contributed by atoms with van der Waals surface area (Å²) in [5, 5.41) is 12.8. The van der Waals surface area contributed by atoms with Gasteiger partial charge in [-0.1, -0.05) is 30.3 Å². The lowest BCUT2D eigenvalue weighted by atomic mass is 10.2. The van der Waals surface area contributed by atoms with Gasteiger partial charge in [-0.3, -0.25) is 4.79 Å². The molecular formula is C18H17N3O3. The molecule has 6 nitrogen and oxygen atoms in total. The summed E-state index contributed by atoms with van der Waals surface area (Å²) in [5.74, 6) is -0.434. The molecule has 2 aromatic carbocycles. The summed E-state index contributed by atoms with van der Waals surface area (Å²) < 4.78 is 1.24. The first-order valence-corrected chi connectivity index (χ1v) is 7.54. The van der Waals surface area contributed by atoms with Gasteiger partial charge in [0.05, 0.1) is 11.0 Å². The number of para-hydroxylation sites is 3. The SMILES string of the molecule is CC(=O)c1c(CN(C)c2ccccc2)n([O-])c2ccccc2[n+]1=O. The van der Waals surface area contributed by atoms with Crippen molar-refractivity contribution in [2.24, 2.45) is 0 Å². The number of nitrogens with zero attached hydrogens (tertiary/aromatic N) is 3. The Morgan fingerprint density at radius 3 is 2.42 bits per heavy atom. The van der Waals surface area contributed by atoms with Crippen LogP contribution in [0.25, 0.3) is 11.0 Å². The maximum absolute atomic E-state index is 12.8. The van der Waals surface area contributed by atoms with Gasteiger partial charge in [0, 0.05) is 30.6 Å². The molecule has 3 rings (SSSR count).